The van der Waals surface area contributed by atoms with Crippen LogP contribution in [0, 0.1) is 0 Å². The number of anilines is 1. The smallest absolute Gasteiger partial charge is 0.251 e. The molecular weight excluding hydrogens is 260 g/mol. The van der Waals surface area contributed by atoms with E-state index in [1.54, 1.807) is 0 Å². The quantitative estimate of drug-likeness (QED) is 0.618. The summed E-state index contributed by atoms with van der Waals surface area (Å²) in [6.45, 7) is 7.39. The monoisotopic (exact) mass is 290 g/mol. The number of unbranched alkanes of at least 4 members (excludes halogenated alkanes) is 3. The van der Waals surface area contributed by atoms with E-state index in [1.807, 2.05) is 24.3 Å². The maximum absolute atomic E-state index is 12.1. The van der Waals surface area contributed by atoms with Crippen molar-refractivity contribution in [2.75, 3.05) is 11.9 Å². The molecule has 2 N–H and O–H groups in total. The Morgan fingerprint density at radius 1 is 1.05 bits per heavy atom. The summed E-state index contributed by atoms with van der Waals surface area (Å²) in [6.07, 6.45) is 7.13. The molecule has 0 saturated heterocycles. The number of nitrogens with one attached hydrogen (secondary N) is 2. The Labute approximate surface area is 129 Å². The SMILES string of the molecule is CCCCCCC(C)NC(=O)c1ccc(NCCC)cc1. The summed E-state index contributed by atoms with van der Waals surface area (Å²) < 4.78 is 0. The molecule has 0 radical (unpaired) electrons. The number of amides is 1. The molecule has 0 heterocycles. The molecule has 21 heavy (non-hydrogen) atoms. The zero-order chi connectivity index (χ0) is 15.5. The molecule has 118 valence electrons. The Balaban J connectivity index is 2.36. The second-order valence-corrected chi connectivity index (χ2v) is 5.73. The van der Waals surface area contributed by atoms with Gasteiger partial charge in [0, 0.05) is 23.8 Å². The maximum atomic E-state index is 12.1. The third-order valence-electron chi connectivity index (χ3n) is 3.59. The lowest BCUT2D eigenvalue weighted by atomic mass is 10.1. The number of hydrogen-bond donors (Lipinski definition) is 2. The van der Waals surface area contributed by atoms with E-state index in [4.69, 9.17) is 0 Å². The lowest BCUT2D eigenvalue weighted by Gasteiger charge is -2.14. The summed E-state index contributed by atoms with van der Waals surface area (Å²) in [5.74, 6) is 0.0278. The summed E-state index contributed by atoms with van der Waals surface area (Å²) in [5.41, 5.74) is 1.80. The number of rotatable bonds is 10. The third kappa shape index (κ3) is 7.16. The van der Waals surface area contributed by atoms with Gasteiger partial charge in [0.05, 0.1) is 0 Å². The summed E-state index contributed by atoms with van der Waals surface area (Å²) in [4.78, 5) is 12.1. The van der Waals surface area contributed by atoms with Crippen molar-refractivity contribution in [1.29, 1.82) is 0 Å². The first kappa shape index (κ1) is 17.5. The van der Waals surface area contributed by atoms with E-state index in [-0.39, 0.29) is 11.9 Å². The van der Waals surface area contributed by atoms with Crippen LogP contribution in [0.5, 0.6) is 0 Å². The van der Waals surface area contributed by atoms with Crippen LogP contribution in [-0.2, 0) is 0 Å². The fourth-order valence-electron chi connectivity index (χ4n) is 2.27. The molecule has 0 bridgehead atoms. The fourth-order valence-corrected chi connectivity index (χ4v) is 2.27. The van der Waals surface area contributed by atoms with Crippen LogP contribution in [0.1, 0.15) is 69.7 Å². The Morgan fingerprint density at radius 3 is 2.38 bits per heavy atom. The van der Waals surface area contributed by atoms with Crippen molar-refractivity contribution >= 4 is 11.6 Å². The first-order chi connectivity index (χ1) is 10.2. The number of hydrogen-bond acceptors (Lipinski definition) is 2. The van der Waals surface area contributed by atoms with E-state index in [1.165, 1.54) is 25.7 Å². The second-order valence-electron chi connectivity index (χ2n) is 5.73. The first-order valence-corrected chi connectivity index (χ1v) is 8.32. The molecule has 0 aliphatic heterocycles. The van der Waals surface area contributed by atoms with Crippen LogP contribution in [-0.4, -0.2) is 18.5 Å². The van der Waals surface area contributed by atoms with E-state index in [0.29, 0.717) is 0 Å². The van der Waals surface area contributed by atoms with Crippen LogP contribution >= 0.6 is 0 Å². The summed E-state index contributed by atoms with van der Waals surface area (Å²) >= 11 is 0. The van der Waals surface area contributed by atoms with Gasteiger partial charge in [0.2, 0.25) is 0 Å². The van der Waals surface area contributed by atoms with Crippen molar-refractivity contribution in [3.05, 3.63) is 29.8 Å². The molecule has 1 aromatic carbocycles. The molecule has 0 aliphatic rings. The molecular formula is C18H30N2O. The van der Waals surface area contributed by atoms with Crippen molar-refractivity contribution < 1.29 is 4.79 Å². The highest BCUT2D eigenvalue weighted by atomic mass is 16.1. The summed E-state index contributed by atoms with van der Waals surface area (Å²) in [7, 11) is 0. The van der Waals surface area contributed by atoms with Crippen LogP contribution in [0.3, 0.4) is 0 Å². The van der Waals surface area contributed by atoms with E-state index in [2.05, 4.69) is 31.4 Å². The largest absolute Gasteiger partial charge is 0.385 e. The van der Waals surface area contributed by atoms with Gasteiger partial charge in [-0.3, -0.25) is 4.79 Å². The van der Waals surface area contributed by atoms with Crippen LogP contribution < -0.4 is 10.6 Å². The minimum atomic E-state index is 0.0278. The van der Waals surface area contributed by atoms with Gasteiger partial charge in [0.25, 0.3) is 5.91 Å². The van der Waals surface area contributed by atoms with Gasteiger partial charge in [-0.25, -0.2) is 0 Å². The lowest BCUT2D eigenvalue weighted by Crippen LogP contribution is -2.32. The van der Waals surface area contributed by atoms with E-state index < -0.39 is 0 Å². The van der Waals surface area contributed by atoms with Gasteiger partial charge < -0.3 is 10.6 Å². The van der Waals surface area contributed by atoms with Crippen molar-refractivity contribution in [3.8, 4) is 0 Å². The topological polar surface area (TPSA) is 41.1 Å². The Morgan fingerprint density at radius 2 is 1.76 bits per heavy atom. The Bertz CT molecular complexity index is 400. The Hall–Kier alpha value is -1.51. The van der Waals surface area contributed by atoms with Gasteiger partial charge >= 0.3 is 0 Å². The van der Waals surface area contributed by atoms with Gasteiger partial charge in [-0.2, -0.15) is 0 Å². The molecule has 1 aromatic rings. The number of benzene rings is 1. The van der Waals surface area contributed by atoms with Crippen molar-refractivity contribution in [2.45, 2.75) is 65.3 Å². The lowest BCUT2D eigenvalue weighted by molar-refractivity contribution is 0.0938. The molecule has 1 rings (SSSR count). The van der Waals surface area contributed by atoms with Crippen LogP contribution in [0.15, 0.2) is 24.3 Å². The van der Waals surface area contributed by atoms with Gasteiger partial charge in [-0.1, -0.05) is 39.5 Å². The van der Waals surface area contributed by atoms with E-state index in [9.17, 15) is 4.79 Å². The standard InChI is InChI=1S/C18H30N2O/c1-4-6-7-8-9-15(3)20-18(21)16-10-12-17(13-11-16)19-14-5-2/h10-13,15,19H,4-9,14H2,1-3H3,(H,20,21). The molecule has 0 spiro atoms. The molecule has 0 fully saturated rings. The highest BCUT2D eigenvalue weighted by Gasteiger charge is 2.09. The second kappa shape index (κ2) is 10.3. The normalized spacial score (nSPS) is 12.0. The summed E-state index contributed by atoms with van der Waals surface area (Å²) in [5, 5.41) is 6.39. The summed E-state index contributed by atoms with van der Waals surface area (Å²) in [6, 6.07) is 7.95. The molecule has 1 amide bonds. The van der Waals surface area contributed by atoms with Crippen LogP contribution in [0.4, 0.5) is 5.69 Å². The van der Waals surface area contributed by atoms with Gasteiger partial charge in [-0.15, -0.1) is 0 Å². The Kier molecular flexibility index (Phi) is 8.56. The first-order valence-electron chi connectivity index (χ1n) is 8.32. The minimum absolute atomic E-state index is 0.0278. The van der Waals surface area contributed by atoms with Gasteiger partial charge in [0.1, 0.15) is 0 Å². The average Bonchev–Trinajstić information content (AvgIpc) is 2.50. The molecule has 3 heteroatoms. The van der Waals surface area contributed by atoms with Crippen LogP contribution in [0.25, 0.3) is 0 Å². The molecule has 0 aliphatic carbocycles. The van der Waals surface area contributed by atoms with E-state index in [0.717, 1.165) is 30.6 Å². The molecule has 0 saturated carbocycles. The van der Waals surface area contributed by atoms with Gasteiger partial charge in [0.15, 0.2) is 0 Å². The minimum Gasteiger partial charge on any atom is -0.385 e. The maximum Gasteiger partial charge on any atom is 0.251 e. The van der Waals surface area contributed by atoms with Crippen molar-refractivity contribution in [1.82, 2.24) is 5.32 Å². The van der Waals surface area contributed by atoms with Crippen molar-refractivity contribution in [2.24, 2.45) is 0 Å². The molecule has 3 nitrogen and oxygen atoms in total. The zero-order valence-corrected chi connectivity index (χ0v) is 13.7. The predicted molar refractivity (Wildman–Crippen MR) is 90.9 cm³/mol. The highest BCUT2D eigenvalue weighted by Crippen LogP contribution is 2.11. The fraction of sp³-hybridized carbons (Fsp3) is 0.611. The van der Waals surface area contributed by atoms with Crippen LogP contribution in [0.2, 0.25) is 0 Å². The highest BCUT2D eigenvalue weighted by molar-refractivity contribution is 5.94. The van der Waals surface area contributed by atoms with Crippen molar-refractivity contribution in [3.63, 3.8) is 0 Å². The van der Waals surface area contributed by atoms with Gasteiger partial charge in [-0.05, 0) is 44.0 Å². The average molecular weight is 290 g/mol. The van der Waals surface area contributed by atoms with E-state index >= 15 is 0 Å². The predicted octanol–water partition coefficient (Wildman–Crippen LogP) is 4.60. The number of carbonyl (C=O) groups is 1. The zero-order valence-electron chi connectivity index (χ0n) is 13.7. The molecule has 1 atom stereocenters. The molecule has 0 aromatic heterocycles. The molecule has 1 unspecified atom stereocenters. The number of carbonyl (C=O) groups excluding carboxylic acids is 1. The third-order valence-corrected chi connectivity index (χ3v) is 3.59.